The van der Waals surface area contributed by atoms with Crippen molar-refractivity contribution in [2.75, 3.05) is 19.8 Å². The Labute approximate surface area is 174 Å². The molecule has 0 spiro atoms. The smallest absolute Gasteiger partial charge is 0.227 e. The first-order chi connectivity index (χ1) is 14.1. The van der Waals surface area contributed by atoms with Crippen LogP contribution in [0.1, 0.15) is 19.2 Å². The Morgan fingerprint density at radius 3 is 2.48 bits per heavy atom. The van der Waals surface area contributed by atoms with Crippen LogP contribution in [0.3, 0.4) is 0 Å². The lowest BCUT2D eigenvalue weighted by molar-refractivity contribution is -0.121. The van der Waals surface area contributed by atoms with E-state index in [0.29, 0.717) is 48.7 Å². The molecule has 0 saturated heterocycles. The second-order valence-electron chi connectivity index (χ2n) is 6.12. The number of ether oxygens (including phenoxy) is 2. The summed E-state index contributed by atoms with van der Waals surface area (Å²) in [6.45, 7) is 3.32. The summed E-state index contributed by atoms with van der Waals surface area (Å²) in [4.78, 5) is 16.3. The molecule has 0 radical (unpaired) electrons. The van der Waals surface area contributed by atoms with Crippen molar-refractivity contribution in [3.05, 3.63) is 59.4 Å². The maximum Gasteiger partial charge on any atom is 0.227 e. The number of aryl methyl sites for hydroxylation is 1. The van der Waals surface area contributed by atoms with Gasteiger partial charge in [0.15, 0.2) is 0 Å². The first-order valence-corrected chi connectivity index (χ1v) is 9.72. The van der Waals surface area contributed by atoms with E-state index < -0.39 is 0 Å². The van der Waals surface area contributed by atoms with Gasteiger partial charge in [0.1, 0.15) is 18.1 Å². The molecule has 1 aromatic heterocycles. The van der Waals surface area contributed by atoms with Gasteiger partial charge in [0.05, 0.1) is 13.2 Å². The molecule has 0 aliphatic carbocycles. The van der Waals surface area contributed by atoms with E-state index >= 15 is 0 Å². The SMILES string of the molecule is CCOc1ccc(-c2noc(CCC(=O)NCCOc3ccc(Cl)cc3)n2)cc1. The minimum Gasteiger partial charge on any atom is -0.494 e. The molecule has 1 heterocycles. The topological polar surface area (TPSA) is 86.5 Å². The fraction of sp³-hybridized carbons (Fsp3) is 0.286. The van der Waals surface area contributed by atoms with Gasteiger partial charge in [-0.3, -0.25) is 4.79 Å². The Hall–Kier alpha value is -3.06. The Morgan fingerprint density at radius 1 is 1.07 bits per heavy atom. The van der Waals surface area contributed by atoms with Crippen LogP contribution in [-0.4, -0.2) is 35.8 Å². The van der Waals surface area contributed by atoms with Crippen molar-refractivity contribution in [1.29, 1.82) is 0 Å². The molecule has 0 fully saturated rings. The fourth-order valence-electron chi connectivity index (χ4n) is 2.54. The predicted molar refractivity (Wildman–Crippen MR) is 109 cm³/mol. The number of benzene rings is 2. The highest BCUT2D eigenvalue weighted by molar-refractivity contribution is 6.30. The van der Waals surface area contributed by atoms with Gasteiger partial charge >= 0.3 is 0 Å². The number of amides is 1. The highest BCUT2D eigenvalue weighted by atomic mass is 35.5. The van der Waals surface area contributed by atoms with E-state index in [-0.39, 0.29) is 12.3 Å². The molecule has 152 valence electrons. The van der Waals surface area contributed by atoms with Crippen LogP contribution in [0.5, 0.6) is 11.5 Å². The number of nitrogens with zero attached hydrogens (tertiary/aromatic N) is 2. The maximum absolute atomic E-state index is 12.0. The van der Waals surface area contributed by atoms with Crippen LogP contribution in [-0.2, 0) is 11.2 Å². The number of carbonyl (C=O) groups is 1. The summed E-state index contributed by atoms with van der Waals surface area (Å²) in [5, 5.41) is 7.41. The van der Waals surface area contributed by atoms with Crippen LogP contribution in [0.4, 0.5) is 0 Å². The van der Waals surface area contributed by atoms with E-state index in [1.54, 1.807) is 24.3 Å². The normalized spacial score (nSPS) is 10.6. The summed E-state index contributed by atoms with van der Waals surface area (Å²) in [7, 11) is 0. The number of aromatic nitrogens is 2. The number of halogens is 1. The van der Waals surface area contributed by atoms with Gasteiger partial charge in [0.25, 0.3) is 0 Å². The zero-order valence-corrected chi connectivity index (χ0v) is 16.8. The Morgan fingerprint density at radius 2 is 1.76 bits per heavy atom. The van der Waals surface area contributed by atoms with E-state index in [4.69, 9.17) is 25.6 Å². The lowest BCUT2D eigenvalue weighted by Crippen LogP contribution is -2.28. The Balaban J connectivity index is 1.38. The molecule has 1 N–H and O–H groups in total. The quantitative estimate of drug-likeness (QED) is 0.505. The molecular weight excluding hydrogens is 394 g/mol. The van der Waals surface area contributed by atoms with Crippen LogP contribution in [0.25, 0.3) is 11.4 Å². The number of hydrogen-bond acceptors (Lipinski definition) is 6. The molecule has 3 rings (SSSR count). The molecule has 7 nitrogen and oxygen atoms in total. The van der Waals surface area contributed by atoms with E-state index in [2.05, 4.69) is 15.5 Å². The third-order valence-electron chi connectivity index (χ3n) is 3.96. The summed E-state index contributed by atoms with van der Waals surface area (Å²) >= 11 is 5.82. The monoisotopic (exact) mass is 415 g/mol. The van der Waals surface area contributed by atoms with Crippen molar-refractivity contribution in [2.24, 2.45) is 0 Å². The third kappa shape index (κ3) is 6.50. The Bertz CT molecular complexity index is 910. The summed E-state index contributed by atoms with van der Waals surface area (Å²) in [6, 6.07) is 14.5. The molecule has 1 amide bonds. The van der Waals surface area contributed by atoms with Gasteiger partial charge in [-0.2, -0.15) is 4.98 Å². The van der Waals surface area contributed by atoms with Crippen molar-refractivity contribution in [3.63, 3.8) is 0 Å². The van der Waals surface area contributed by atoms with Gasteiger partial charge < -0.3 is 19.3 Å². The molecule has 0 aliphatic rings. The number of carbonyl (C=O) groups excluding carboxylic acids is 1. The van der Waals surface area contributed by atoms with Crippen LogP contribution in [0.2, 0.25) is 5.02 Å². The minimum absolute atomic E-state index is 0.106. The molecule has 3 aromatic rings. The predicted octanol–water partition coefficient (Wildman–Crippen LogP) is 3.92. The number of rotatable bonds is 10. The standard InChI is InChI=1S/C21H22ClN3O4/c1-2-27-17-7-3-15(4-8-17)21-24-20(29-25-21)12-11-19(26)23-13-14-28-18-9-5-16(22)6-10-18/h3-10H,2,11-14H2,1H3,(H,23,26). The summed E-state index contributed by atoms with van der Waals surface area (Å²) in [5.41, 5.74) is 0.826. The summed E-state index contributed by atoms with van der Waals surface area (Å²) in [6.07, 6.45) is 0.625. The van der Waals surface area contributed by atoms with Crippen molar-refractivity contribution in [3.8, 4) is 22.9 Å². The largest absolute Gasteiger partial charge is 0.494 e. The Kier molecular flexibility index (Phi) is 7.47. The zero-order chi connectivity index (χ0) is 20.5. The second-order valence-corrected chi connectivity index (χ2v) is 6.56. The zero-order valence-electron chi connectivity index (χ0n) is 16.1. The van der Waals surface area contributed by atoms with E-state index in [1.807, 2.05) is 31.2 Å². The molecule has 0 saturated carbocycles. The molecule has 2 aromatic carbocycles. The van der Waals surface area contributed by atoms with Gasteiger partial charge in [0, 0.05) is 23.4 Å². The van der Waals surface area contributed by atoms with Crippen LogP contribution < -0.4 is 14.8 Å². The summed E-state index contributed by atoms with van der Waals surface area (Å²) in [5.74, 6) is 2.29. The molecule has 0 bridgehead atoms. The van der Waals surface area contributed by atoms with Crippen molar-refractivity contribution >= 4 is 17.5 Å². The molecular formula is C21H22ClN3O4. The van der Waals surface area contributed by atoms with Gasteiger partial charge in [-0.05, 0) is 55.5 Å². The summed E-state index contributed by atoms with van der Waals surface area (Å²) < 4.78 is 16.2. The van der Waals surface area contributed by atoms with Crippen LogP contribution >= 0.6 is 11.6 Å². The van der Waals surface area contributed by atoms with Crippen molar-refractivity contribution < 1.29 is 18.8 Å². The average molecular weight is 416 g/mol. The molecule has 29 heavy (non-hydrogen) atoms. The van der Waals surface area contributed by atoms with E-state index in [1.165, 1.54) is 0 Å². The average Bonchev–Trinajstić information content (AvgIpc) is 3.21. The number of nitrogens with one attached hydrogen (secondary N) is 1. The van der Waals surface area contributed by atoms with Gasteiger partial charge in [0.2, 0.25) is 17.6 Å². The van der Waals surface area contributed by atoms with Crippen LogP contribution in [0, 0.1) is 0 Å². The fourth-order valence-corrected chi connectivity index (χ4v) is 2.67. The lowest BCUT2D eigenvalue weighted by Gasteiger charge is -2.07. The van der Waals surface area contributed by atoms with E-state index in [0.717, 1.165) is 11.3 Å². The number of hydrogen-bond donors (Lipinski definition) is 1. The molecule has 0 unspecified atom stereocenters. The first kappa shape index (κ1) is 20.7. The maximum atomic E-state index is 12.0. The van der Waals surface area contributed by atoms with Crippen molar-refractivity contribution in [1.82, 2.24) is 15.5 Å². The molecule has 8 heteroatoms. The van der Waals surface area contributed by atoms with E-state index in [9.17, 15) is 4.79 Å². The van der Waals surface area contributed by atoms with Crippen LogP contribution in [0.15, 0.2) is 53.1 Å². The van der Waals surface area contributed by atoms with Crippen molar-refractivity contribution in [2.45, 2.75) is 19.8 Å². The second kappa shape index (κ2) is 10.5. The highest BCUT2D eigenvalue weighted by Crippen LogP contribution is 2.20. The molecule has 0 atom stereocenters. The first-order valence-electron chi connectivity index (χ1n) is 9.35. The third-order valence-corrected chi connectivity index (χ3v) is 4.22. The van der Waals surface area contributed by atoms with Gasteiger partial charge in [-0.15, -0.1) is 0 Å². The van der Waals surface area contributed by atoms with Gasteiger partial charge in [-0.25, -0.2) is 0 Å². The lowest BCUT2D eigenvalue weighted by atomic mass is 10.2. The minimum atomic E-state index is -0.106. The molecule has 0 aliphatic heterocycles. The highest BCUT2D eigenvalue weighted by Gasteiger charge is 2.11. The van der Waals surface area contributed by atoms with Gasteiger partial charge in [-0.1, -0.05) is 16.8 Å².